The van der Waals surface area contributed by atoms with Gasteiger partial charge in [-0.15, -0.1) is 22.7 Å². The number of nitrogens with zero attached hydrogens (tertiary/aromatic N) is 1. The first-order valence-corrected chi connectivity index (χ1v) is 6.20. The highest BCUT2D eigenvalue weighted by Gasteiger charge is 2.15. The Balaban J connectivity index is 2.31. The van der Waals surface area contributed by atoms with Crippen molar-refractivity contribution in [3.8, 4) is 0 Å². The molecule has 1 N–H and O–H groups in total. The highest BCUT2D eigenvalue weighted by atomic mass is 32.1. The molecular weight excluding hydrogens is 212 g/mol. The van der Waals surface area contributed by atoms with Gasteiger partial charge in [0.2, 0.25) is 0 Å². The number of nitrogens with one attached hydrogen (secondary N) is 1. The zero-order chi connectivity index (χ0) is 9.97. The highest BCUT2D eigenvalue weighted by Crippen LogP contribution is 2.27. The number of thiazole rings is 1. The van der Waals surface area contributed by atoms with E-state index in [-0.39, 0.29) is 6.04 Å². The average molecular weight is 224 g/mol. The summed E-state index contributed by atoms with van der Waals surface area (Å²) in [5, 5.41) is 8.63. The molecule has 0 aliphatic heterocycles. The van der Waals surface area contributed by atoms with Crippen molar-refractivity contribution in [2.75, 3.05) is 7.05 Å². The molecule has 2 nitrogen and oxygen atoms in total. The van der Waals surface area contributed by atoms with Gasteiger partial charge in [-0.25, -0.2) is 4.98 Å². The Morgan fingerprint density at radius 3 is 2.79 bits per heavy atom. The van der Waals surface area contributed by atoms with Crippen LogP contribution in [0.3, 0.4) is 0 Å². The predicted molar refractivity (Wildman–Crippen MR) is 62.1 cm³/mol. The standard InChI is InChI=1S/C10H12N2S2/c1-7-6-14-10(12-7)9(11-2)8-4-3-5-13-8/h3-6,9,11H,1-2H3. The maximum absolute atomic E-state index is 4.50. The SMILES string of the molecule is CNC(c1cccs1)c1nc(C)cs1. The van der Waals surface area contributed by atoms with Gasteiger partial charge >= 0.3 is 0 Å². The van der Waals surface area contributed by atoms with Gasteiger partial charge in [0.25, 0.3) is 0 Å². The molecule has 0 spiro atoms. The summed E-state index contributed by atoms with van der Waals surface area (Å²) in [4.78, 5) is 5.82. The van der Waals surface area contributed by atoms with E-state index in [4.69, 9.17) is 0 Å². The molecule has 2 heterocycles. The van der Waals surface area contributed by atoms with Gasteiger partial charge in [0, 0.05) is 16.0 Å². The minimum Gasteiger partial charge on any atom is -0.307 e. The molecule has 0 aliphatic carbocycles. The van der Waals surface area contributed by atoms with E-state index >= 15 is 0 Å². The molecule has 0 amide bonds. The normalized spacial score (nSPS) is 13.0. The van der Waals surface area contributed by atoms with Crippen LogP contribution in [0.15, 0.2) is 22.9 Å². The molecule has 2 aromatic rings. The van der Waals surface area contributed by atoms with E-state index in [1.54, 1.807) is 22.7 Å². The Hall–Kier alpha value is -0.710. The fraction of sp³-hybridized carbons (Fsp3) is 0.300. The fourth-order valence-electron chi connectivity index (χ4n) is 1.35. The summed E-state index contributed by atoms with van der Waals surface area (Å²) in [6.45, 7) is 2.03. The maximum atomic E-state index is 4.50. The predicted octanol–water partition coefficient (Wildman–Crippen LogP) is 2.82. The zero-order valence-corrected chi connectivity index (χ0v) is 9.78. The third-order valence-corrected chi connectivity index (χ3v) is 3.96. The molecule has 0 saturated carbocycles. The van der Waals surface area contributed by atoms with Gasteiger partial charge in [0.1, 0.15) is 5.01 Å². The number of rotatable bonds is 3. The van der Waals surface area contributed by atoms with Crippen molar-refractivity contribution in [2.24, 2.45) is 0 Å². The summed E-state index contributed by atoms with van der Waals surface area (Å²) in [7, 11) is 1.97. The van der Waals surface area contributed by atoms with E-state index < -0.39 is 0 Å². The van der Waals surface area contributed by atoms with Crippen LogP contribution >= 0.6 is 22.7 Å². The van der Waals surface area contributed by atoms with E-state index in [0.717, 1.165) is 10.7 Å². The summed E-state index contributed by atoms with van der Waals surface area (Å²) >= 11 is 3.48. The van der Waals surface area contributed by atoms with Crippen LogP contribution in [0.4, 0.5) is 0 Å². The van der Waals surface area contributed by atoms with Crippen LogP contribution in [-0.2, 0) is 0 Å². The van der Waals surface area contributed by atoms with Crippen LogP contribution in [0.25, 0.3) is 0 Å². The summed E-state index contributed by atoms with van der Waals surface area (Å²) in [5.41, 5.74) is 1.10. The molecule has 1 atom stereocenters. The lowest BCUT2D eigenvalue weighted by Gasteiger charge is -2.10. The number of hydrogen-bond donors (Lipinski definition) is 1. The summed E-state index contributed by atoms with van der Waals surface area (Å²) in [6.07, 6.45) is 0. The highest BCUT2D eigenvalue weighted by molar-refractivity contribution is 7.11. The van der Waals surface area contributed by atoms with Gasteiger partial charge in [0.15, 0.2) is 0 Å². The molecule has 0 aromatic carbocycles. The maximum Gasteiger partial charge on any atom is 0.115 e. The first-order chi connectivity index (χ1) is 6.81. The molecule has 0 radical (unpaired) electrons. The molecule has 0 bridgehead atoms. The first-order valence-electron chi connectivity index (χ1n) is 4.44. The van der Waals surface area contributed by atoms with Crippen molar-refractivity contribution in [3.05, 3.63) is 38.5 Å². The molecule has 0 saturated heterocycles. The van der Waals surface area contributed by atoms with Crippen LogP contribution in [0.1, 0.15) is 21.6 Å². The largest absolute Gasteiger partial charge is 0.307 e. The van der Waals surface area contributed by atoms with Gasteiger partial charge < -0.3 is 5.32 Å². The number of aryl methyl sites for hydroxylation is 1. The van der Waals surface area contributed by atoms with Gasteiger partial charge in [-0.05, 0) is 25.4 Å². The first kappa shape index (κ1) is 9.83. The van der Waals surface area contributed by atoms with Crippen LogP contribution in [0, 0.1) is 6.92 Å². The van der Waals surface area contributed by atoms with Gasteiger partial charge in [0.05, 0.1) is 6.04 Å². The second-order valence-electron chi connectivity index (χ2n) is 3.06. The van der Waals surface area contributed by atoms with Crippen molar-refractivity contribution in [3.63, 3.8) is 0 Å². The number of hydrogen-bond acceptors (Lipinski definition) is 4. The van der Waals surface area contributed by atoms with Gasteiger partial charge in [-0.2, -0.15) is 0 Å². The number of aromatic nitrogens is 1. The fourth-order valence-corrected chi connectivity index (χ4v) is 3.18. The molecule has 74 valence electrons. The average Bonchev–Trinajstić information content (AvgIpc) is 2.79. The second-order valence-corrected chi connectivity index (χ2v) is 4.93. The van der Waals surface area contributed by atoms with Crippen molar-refractivity contribution in [1.29, 1.82) is 0 Å². The third kappa shape index (κ3) is 1.87. The van der Waals surface area contributed by atoms with Crippen molar-refractivity contribution in [1.82, 2.24) is 10.3 Å². The topological polar surface area (TPSA) is 24.9 Å². The molecule has 14 heavy (non-hydrogen) atoms. The lowest BCUT2D eigenvalue weighted by Crippen LogP contribution is -2.16. The molecule has 0 fully saturated rings. The number of thiophene rings is 1. The van der Waals surface area contributed by atoms with Crippen molar-refractivity contribution in [2.45, 2.75) is 13.0 Å². The Morgan fingerprint density at radius 2 is 2.29 bits per heavy atom. The van der Waals surface area contributed by atoms with Crippen LogP contribution in [-0.4, -0.2) is 12.0 Å². The van der Waals surface area contributed by atoms with Gasteiger partial charge in [-0.1, -0.05) is 6.07 Å². The van der Waals surface area contributed by atoms with Crippen LogP contribution in [0.5, 0.6) is 0 Å². The molecular formula is C10H12N2S2. The summed E-state index contributed by atoms with van der Waals surface area (Å²) < 4.78 is 0. The Bertz CT molecular complexity index is 392. The Morgan fingerprint density at radius 1 is 1.43 bits per heavy atom. The second kappa shape index (κ2) is 4.21. The molecule has 2 rings (SSSR count). The lowest BCUT2D eigenvalue weighted by atomic mass is 10.2. The van der Waals surface area contributed by atoms with E-state index in [2.05, 4.69) is 33.2 Å². The molecule has 1 unspecified atom stereocenters. The molecule has 0 aliphatic rings. The quantitative estimate of drug-likeness (QED) is 0.867. The summed E-state index contributed by atoms with van der Waals surface area (Å²) in [6, 6.07) is 4.47. The molecule has 2 aromatic heterocycles. The Labute approximate surface area is 91.6 Å². The van der Waals surface area contributed by atoms with Crippen molar-refractivity contribution >= 4 is 22.7 Å². The monoisotopic (exact) mass is 224 g/mol. The van der Waals surface area contributed by atoms with E-state index in [0.29, 0.717) is 0 Å². The van der Waals surface area contributed by atoms with Crippen molar-refractivity contribution < 1.29 is 0 Å². The van der Waals surface area contributed by atoms with E-state index in [1.165, 1.54) is 4.88 Å². The minimum atomic E-state index is 0.258. The lowest BCUT2D eigenvalue weighted by molar-refractivity contribution is 0.696. The summed E-state index contributed by atoms with van der Waals surface area (Å²) in [5.74, 6) is 0. The Kier molecular flexibility index (Phi) is 2.96. The minimum absolute atomic E-state index is 0.258. The van der Waals surface area contributed by atoms with E-state index in [1.807, 2.05) is 14.0 Å². The molecule has 4 heteroatoms. The smallest absolute Gasteiger partial charge is 0.115 e. The zero-order valence-electron chi connectivity index (χ0n) is 8.15. The van der Waals surface area contributed by atoms with Crippen LogP contribution < -0.4 is 5.32 Å². The third-order valence-electron chi connectivity index (χ3n) is 2.00. The van der Waals surface area contributed by atoms with Gasteiger partial charge in [-0.3, -0.25) is 0 Å². The van der Waals surface area contributed by atoms with Crippen LogP contribution in [0.2, 0.25) is 0 Å². The van der Waals surface area contributed by atoms with E-state index in [9.17, 15) is 0 Å².